The van der Waals surface area contributed by atoms with Crippen LogP contribution in [0.4, 0.5) is 4.39 Å². The van der Waals surface area contributed by atoms with E-state index in [1.54, 1.807) is 5.57 Å². The molecule has 1 N–H and O–H groups in total. The molecule has 0 aliphatic heterocycles. The van der Waals surface area contributed by atoms with Crippen LogP contribution >= 0.6 is 0 Å². The van der Waals surface area contributed by atoms with E-state index in [9.17, 15) is 9.50 Å². The summed E-state index contributed by atoms with van der Waals surface area (Å²) in [7, 11) is 0. The Kier molecular flexibility index (Phi) is 7.46. The van der Waals surface area contributed by atoms with Crippen LogP contribution in [0, 0.1) is 29.1 Å². The van der Waals surface area contributed by atoms with Crippen molar-refractivity contribution in [2.75, 3.05) is 0 Å². The van der Waals surface area contributed by atoms with Crippen LogP contribution in [-0.2, 0) is 0 Å². The van der Waals surface area contributed by atoms with E-state index in [-0.39, 0.29) is 6.42 Å². The molecule has 3 fully saturated rings. The molecule has 2 heteroatoms. The Morgan fingerprint density at radius 3 is 2.66 bits per heavy atom. The second-order valence-corrected chi connectivity index (χ2v) is 10.9. The SMILES string of the molecule is C=C1C[C@@H](F)[C@H](O)C/C1=C/C=C1\CCC[C@]2(C)[C@@H]([C@H](C)CCCC(C)C)CC[C@@H]12. The summed E-state index contributed by atoms with van der Waals surface area (Å²) in [6.45, 7) is 13.8. The topological polar surface area (TPSA) is 20.2 Å². The van der Waals surface area contributed by atoms with E-state index >= 15 is 0 Å². The third-order valence-corrected chi connectivity index (χ3v) is 8.41. The van der Waals surface area contributed by atoms with Gasteiger partial charge in [-0.3, -0.25) is 0 Å². The molecule has 3 aliphatic carbocycles. The predicted octanol–water partition coefficient (Wildman–Crippen LogP) is 7.57. The molecule has 3 saturated carbocycles. The average Bonchev–Trinajstić information content (AvgIpc) is 3.01. The highest BCUT2D eigenvalue weighted by molar-refractivity contribution is 5.37. The number of hydrogen-bond donors (Lipinski definition) is 1. The monoisotopic (exact) mass is 402 g/mol. The maximum Gasteiger partial charge on any atom is 0.130 e. The largest absolute Gasteiger partial charge is 0.390 e. The molecule has 0 saturated heterocycles. The van der Waals surface area contributed by atoms with Gasteiger partial charge < -0.3 is 5.11 Å². The Morgan fingerprint density at radius 2 is 1.93 bits per heavy atom. The molecule has 0 unspecified atom stereocenters. The Morgan fingerprint density at radius 1 is 1.17 bits per heavy atom. The Balaban J connectivity index is 1.70. The summed E-state index contributed by atoms with van der Waals surface area (Å²) in [5, 5.41) is 9.92. The Labute approximate surface area is 178 Å². The number of rotatable bonds is 6. The fraction of sp³-hybridized carbons (Fsp3) is 0.778. The van der Waals surface area contributed by atoms with Gasteiger partial charge in [0.2, 0.25) is 0 Å². The molecule has 0 bridgehead atoms. The molecule has 6 atom stereocenters. The van der Waals surface area contributed by atoms with Gasteiger partial charge in [-0.2, -0.15) is 0 Å². The molecule has 29 heavy (non-hydrogen) atoms. The van der Waals surface area contributed by atoms with Gasteiger partial charge in [-0.1, -0.05) is 71.3 Å². The van der Waals surface area contributed by atoms with Crippen molar-refractivity contribution >= 4 is 0 Å². The second-order valence-electron chi connectivity index (χ2n) is 10.9. The highest BCUT2D eigenvalue weighted by Gasteiger charge is 2.50. The molecule has 0 amide bonds. The van der Waals surface area contributed by atoms with Crippen molar-refractivity contribution in [3.8, 4) is 0 Å². The van der Waals surface area contributed by atoms with E-state index in [2.05, 4.69) is 46.4 Å². The van der Waals surface area contributed by atoms with Gasteiger partial charge in [-0.05, 0) is 72.3 Å². The standard InChI is InChI=1S/C27H43FO/c1-18(2)8-6-9-19(3)23-13-14-24-21(10-7-15-27(23,24)5)11-12-22-17-26(29)25(28)16-20(22)4/h11-12,18-19,23-26,29H,4,6-10,13-17H2,1-3,5H3/b21-11+,22-12-/t19-,23-,24+,25-,26-,27-/m1/s1. The molecule has 0 aromatic rings. The summed E-state index contributed by atoms with van der Waals surface area (Å²) >= 11 is 0. The van der Waals surface area contributed by atoms with Crippen LogP contribution in [0.15, 0.2) is 35.5 Å². The van der Waals surface area contributed by atoms with Crippen molar-refractivity contribution in [2.24, 2.45) is 29.1 Å². The first-order valence-corrected chi connectivity index (χ1v) is 12.1. The first-order valence-electron chi connectivity index (χ1n) is 12.1. The molecule has 1 nitrogen and oxygen atoms in total. The summed E-state index contributed by atoms with van der Waals surface area (Å²) in [6.07, 6.45) is 13.7. The molecule has 3 aliphatic rings. The third-order valence-electron chi connectivity index (χ3n) is 8.41. The van der Waals surface area contributed by atoms with E-state index in [1.165, 1.54) is 51.4 Å². The number of fused-ring (bicyclic) bond motifs is 1. The fourth-order valence-electron chi connectivity index (χ4n) is 6.66. The molecule has 0 radical (unpaired) electrons. The minimum absolute atomic E-state index is 0.271. The van der Waals surface area contributed by atoms with Crippen LogP contribution in [0.1, 0.15) is 91.9 Å². The van der Waals surface area contributed by atoms with Gasteiger partial charge in [0, 0.05) is 12.8 Å². The van der Waals surface area contributed by atoms with Crippen molar-refractivity contribution < 1.29 is 9.50 Å². The fourth-order valence-corrected chi connectivity index (χ4v) is 6.66. The third kappa shape index (κ3) is 5.06. The minimum Gasteiger partial charge on any atom is -0.390 e. The normalized spacial score (nSPS) is 39.3. The number of hydrogen-bond acceptors (Lipinski definition) is 1. The smallest absolute Gasteiger partial charge is 0.130 e. The lowest BCUT2D eigenvalue weighted by Crippen LogP contribution is -2.36. The number of halogens is 1. The molecule has 164 valence electrons. The molecular formula is C27H43FO. The zero-order valence-corrected chi connectivity index (χ0v) is 19.2. The second kappa shape index (κ2) is 9.50. The lowest BCUT2D eigenvalue weighted by atomic mass is 9.60. The van der Waals surface area contributed by atoms with E-state index in [1.807, 2.05) is 0 Å². The van der Waals surface area contributed by atoms with Gasteiger partial charge in [-0.25, -0.2) is 4.39 Å². The zero-order chi connectivity index (χ0) is 21.2. The van der Waals surface area contributed by atoms with E-state index in [0.717, 1.165) is 28.9 Å². The molecule has 0 spiro atoms. The van der Waals surface area contributed by atoms with Crippen molar-refractivity contribution in [2.45, 2.75) is 104 Å². The van der Waals surface area contributed by atoms with Crippen molar-refractivity contribution in [3.05, 3.63) is 35.5 Å². The van der Waals surface area contributed by atoms with E-state index < -0.39 is 12.3 Å². The van der Waals surface area contributed by atoms with Crippen LogP contribution in [0.3, 0.4) is 0 Å². The lowest BCUT2D eigenvalue weighted by molar-refractivity contribution is 0.0704. The zero-order valence-electron chi connectivity index (χ0n) is 19.2. The maximum atomic E-state index is 13.7. The lowest BCUT2D eigenvalue weighted by Gasteiger charge is -2.44. The van der Waals surface area contributed by atoms with Gasteiger partial charge >= 0.3 is 0 Å². The summed E-state index contributed by atoms with van der Waals surface area (Å²) in [5.41, 5.74) is 3.93. The van der Waals surface area contributed by atoms with Crippen LogP contribution < -0.4 is 0 Å². The highest BCUT2D eigenvalue weighted by atomic mass is 19.1. The molecule has 0 heterocycles. The van der Waals surface area contributed by atoms with Crippen molar-refractivity contribution in [3.63, 3.8) is 0 Å². The van der Waals surface area contributed by atoms with E-state index in [4.69, 9.17) is 0 Å². The van der Waals surface area contributed by atoms with Gasteiger partial charge in [0.1, 0.15) is 6.17 Å². The minimum atomic E-state index is -1.15. The van der Waals surface area contributed by atoms with Crippen LogP contribution in [-0.4, -0.2) is 17.4 Å². The molecule has 0 aromatic carbocycles. The molecule has 0 aromatic heterocycles. The van der Waals surface area contributed by atoms with Gasteiger partial charge in [0.05, 0.1) is 6.10 Å². The van der Waals surface area contributed by atoms with Crippen molar-refractivity contribution in [1.82, 2.24) is 0 Å². The summed E-state index contributed by atoms with van der Waals surface area (Å²) in [6, 6.07) is 0. The number of allylic oxidation sites excluding steroid dienone is 4. The first-order chi connectivity index (χ1) is 13.7. The van der Waals surface area contributed by atoms with Crippen LogP contribution in [0.5, 0.6) is 0 Å². The predicted molar refractivity (Wildman–Crippen MR) is 121 cm³/mol. The Bertz CT molecular complexity index is 645. The summed E-state index contributed by atoms with van der Waals surface area (Å²) in [4.78, 5) is 0. The van der Waals surface area contributed by atoms with E-state index in [0.29, 0.717) is 17.8 Å². The summed E-state index contributed by atoms with van der Waals surface area (Å²) in [5.74, 6) is 3.17. The maximum absolute atomic E-state index is 13.7. The first kappa shape index (κ1) is 22.8. The number of aliphatic hydroxyl groups excluding tert-OH is 1. The van der Waals surface area contributed by atoms with Crippen LogP contribution in [0.25, 0.3) is 0 Å². The average molecular weight is 403 g/mol. The summed E-state index contributed by atoms with van der Waals surface area (Å²) < 4.78 is 13.7. The van der Waals surface area contributed by atoms with Gasteiger partial charge in [-0.15, -0.1) is 0 Å². The number of alkyl halides is 1. The highest BCUT2D eigenvalue weighted by Crippen LogP contribution is 2.59. The number of aliphatic hydroxyl groups is 1. The Hall–Kier alpha value is -0.890. The molecule has 3 rings (SSSR count). The van der Waals surface area contributed by atoms with Gasteiger partial charge in [0.15, 0.2) is 0 Å². The quantitative estimate of drug-likeness (QED) is 0.486. The van der Waals surface area contributed by atoms with Crippen molar-refractivity contribution in [1.29, 1.82) is 0 Å². The molecular weight excluding hydrogens is 359 g/mol. The van der Waals surface area contributed by atoms with Gasteiger partial charge in [0.25, 0.3) is 0 Å². The van der Waals surface area contributed by atoms with Crippen LogP contribution in [0.2, 0.25) is 0 Å².